The number of nitrogens with zero attached hydrogens (tertiary/aromatic N) is 1. The van der Waals surface area contributed by atoms with Crippen LogP contribution >= 0.6 is 0 Å². The number of aryl methyl sites for hydroxylation is 1. The lowest BCUT2D eigenvalue weighted by Gasteiger charge is -2.21. The van der Waals surface area contributed by atoms with Gasteiger partial charge in [-0.2, -0.15) is 0 Å². The minimum Gasteiger partial charge on any atom is -0.447 e. The van der Waals surface area contributed by atoms with Crippen molar-refractivity contribution < 1.29 is 9.53 Å². The van der Waals surface area contributed by atoms with Gasteiger partial charge in [-0.15, -0.1) is 0 Å². The first-order valence-corrected chi connectivity index (χ1v) is 6.80. The lowest BCUT2D eigenvalue weighted by atomic mass is 10.1. The molecule has 1 amide bonds. The quantitative estimate of drug-likeness (QED) is 0.851. The minimum absolute atomic E-state index is 0.0626. The van der Waals surface area contributed by atoms with E-state index in [9.17, 15) is 4.79 Å². The summed E-state index contributed by atoms with van der Waals surface area (Å²) in [6.45, 7) is 2.48. The van der Waals surface area contributed by atoms with Crippen molar-refractivity contribution in [3.8, 4) is 0 Å². The maximum atomic E-state index is 12.0. The van der Waals surface area contributed by atoms with E-state index in [4.69, 9.17) is 4.74 Å². The highest BCUT2D eigenvalue weighted by Crippen LogP contribution is 2.25. The van der Waals surface area contributed by atoms with Crippen molar-refractivity contribution in [2.24, 2.45) is 0 Å². The second kappa shape index (κ2) is 5.37. The Bertz CT molecular complexity index is 592. The highest BCUT2D eigenvalue weighted by molar-refractivity contribution is 5.90. The van der Waals surface area contributed by atoms with Crippen LogP contribution in [0.15, 0.2) is 54.6 Å². The molecule has 0 aromatic heterocycles. The maximum Gasteiger partial charge on any atom is 0.414 e. The molecular formula is C17H17NO2. The van der Waals surface area contributed by atoms with Crippen LogP contribution in [0.1, 0.15) is 11.1 Å². The van der Waals surface area contributed by atoms with Crippen LogP contribution in [-0.2, 0) is 11.2 Å². The van der Waals surface area contributed by atoms with Gasteiger partial charge in [0.1, 0.15) is 6.61 Å². The van der Waals surface area contributed by atoms with Crippen molar-refractivity contribution in [3.05, 3.63) is 65.7 Å². The summed E-state index contributed by atoms with van der Waals surface area (Å²) in [5, 5.41) is 0. The number of hydrogen-bond acceptors (Lipinski definition) is 2. The van der Waals surface area contributed by atoms with Crippen LogP contribution < -0.4 is 4.90 Å². The van der Waals surface area contributed by atoms with E-state index in [2.05, 4.69) is 12.1 Å². The van der Waals surface area contributed by atoms with Crippen LogP contribution in [0.2, 0.25) is 0 Å². The van der Waals surface area contributed by atoms with Crippen LogP contribution in [0.5, 0.6) is 0 Å². The summed E-state index contributed by atoms with van der Waals surface area (Å²) >= 11 is 0. The second-order valence-electron chi connectivity index (χ2n) is 5.13. The Morgan fingerprint density at radius 2 is 1.80 bits per heavy atom. The molecule has 0 N–H and O–H groups in total. The average molecular weight is 267 g/mol. The summed E-state index contributed by atoms with van der Waals surface area (Å²) in [6.07, 6.45) is 0.551. The molecule has 1 saturated heterocycles. The number of hydrogen-bond donors (Lipinski definition) is 0. The van der Waals surface area contributed by atoms with Gasteiger partial charge >= 0.3 is 6.09 Å². The first-order valence-electron chi connectivity index (χ1n) is 6.80. The van der Waals surface area contributed by atoms with Crippen molar-refractivity contribution >= 4 is 11.8 Å². The Morgan fingerprint density at radius 3 is 2.50 bits per heavy atom. The van der Waals surface area contributed by atoms with E-state index in [1.807, 2.05) is 49.4 Å². The molecule has 1 fully saturated rings. The second-order valence-corrected chi connectivity index (χ2v) is 5.13. The topological polar surface area (TPSA) is 29.5 Å². The van der Waals surface area contributed by atoms with Crippen molar-refractivity contribution in [3.63, 3.8) is 0 Å². The van der Waals surface area contributed by atoms with Gasteiger partial charge in [0, 0.05) is 5.69 Å². The van der Waals surface area contributed by atoms with E-state index in [0.717, 1.165) is 12.1 Å². The van der Waals surface area contributed by atoms with Gasteiger partial charge in [-0.1, -0.05) is 48.0 Å². The highest BCUT2D eigenvalue weighted by Gasteiger charge is 2.34. The van der Waals surface area contributed by atoms with Gasteiger partial charge in [-0.3, -0.25) is 4.90 Å². The molecule has 2 aromatic carbocycles. The normalized spacial score (nSPS) is 18.1. The molecule has 20 heavy (non-hydrogen) atoms. The molecule has 1 atom stereocenters. The lowest BCUT2D eigenvalue weighted by molar-refractivity contribution is 0.178. The maximum absolute atomic E-state index is 12.0. The van der Waals surface area contributed by atoms with Crippen LogP contribution in [0.3, 0.4) is 0 Å². The van der Waals surface area contributed by atoms with Crippen LogP contribution in [0.25, 0.3) is 0 Å². The van der Waals surface area contributed by atoms with Gasteiger partial charge in [-0.05, 0) is 31.0 Å². The zero-order valence-electron chi connectivity index (χ0n) is 11.5. The van der Waals surface area contributed by atoms with E-state index in [0.29, 0.717) is 6.61 Å². The summed E-state index contributed by atoms with van der Waals surface area (Å²) < 4.78 is 5.22. The molecule has 1 aliphatic rings. The molecule has 102 valence electrons. The molecule has 0 aliphatic carbocycles. The van der Waals surface area contributed by atoms with Gasteiger partial charge in [0.15, 0.2) is 0 Å². The van der Waals surface area contributed by atoms with Gasteiger partial charge in [0.25, 0.3) is 0 Å². The summed E-state index contributed by atoms with van der Waals surface area (Å²) in [6, 6.07) is 18.2. The monoisotopic (exact) mass is 267 g/mol. The molecule has 2 aromatic rings. The molecule has 0 bridgehead atoms. The molecule has 0 radical (unpaired) electrons. The molecule has 0 unspecified atom stereocenters. The number of benzene rings is 2. The van der Waals surface area contributed by atoms with Crippen molar-refractivity contribution in [1.29, 1.82) is 0 Å². The van der Waals surface area contributed by atoms with Crippen molar-refractivity contribution in [2.75, 3.05) is 11.5 Å². The first-order chi connectivity index (χ1) is 9.74. The highest BCUT2D eigenvalue weighted by atomic mass is 16.6. The molecule has 0 saturated carbocycles. The molecule has 1 aliphatic heterocycles. The number of rotatable bonds is 3. The van der Waals surface area contributed by atoms with E-state index in [1.54, 1.807) is 4.90 Å². The fourth-order valence-corrected chi connectivity index (χ4v) is 2.52. The first kappa shape index (κ1) is 12.7. The largest absolute Gasteiger partial charge is 0.447 e. The van der Waals surface area contributed by atoms with E-state index in [1.165, 1.54) is 11.1 Å². The number of carbonyl (C=O) groups excluding carboxylic acids is 1. The zero-order chi connectivity index (χ0) is 13.9. The summed E-state index contributed by atoms with van der Waals surface area (Å²) in [7, 11) is 0. The smallest absolute Gasteiger partial charge is 0.414 e. The molecule has 3 heteroatoms. The predicted octanol–water partition coefficient (Wildman–Crippen LogP) is 3.56. The van der Waals surface area contributed by atoms with E-state index < -0.39 is 0 Å². The van der Waals surface area contributed by atoms with Crippen LogP contribution in [0.4, 0.5) is 10.5 Å². The fraction of sp³-hybridized carbons (Fsp3) is 0.235. The third-order valence-electron chi connectivity index (χ3n) is 3.59. The van der Waals surface area contributed by atoms with Gasteiger partial charge < -0.3 is 4.74 Å². The van der Waals surface area contributed by atoms with E-state index >= 15 is 0 Å². The Labute approximate surface area is 118 Å². The SMILES string of the molecule is Cc1ccc(N2C(=O)OC[C@@H]2Cc2ccccc2)cc1. The Hall–Kier alpha value is -2.29. The Balaban J connectivity index is 1.83. The van der Waals surface area contributed by atoms with Crippen LogP contribution in [-0.4, -0.2) is 18.7 Å². The molecule has 1 heterocycles. The average Bonchev–Trinajstić information content (AvgIpc) is 2.82. The Morgan fingerprint density at radius 1 is 1.10 bits per heavy atom. The third-order valence-corrected chi connectivity index (χ3v) is 3.59. The molecular weight excluding hydrogens is 250 g/mol. The lowest BCUT2D eigenvalue weighted by Crippen LogP contribution is -2.35. The number of carbonyl (C=O) groups is 1. The third kappa shape index (κ3) is 2.52. The minimum atomic E-state index is -0.255. The standard InChI is InChI=1S/C17H17NO2/c1-13-7-9-15(10-8-13)18-16(12-20-17(18)19)11-14-5-3-2-4-6-14/h2-10,16H,11-12H2,1H3/t16-/m0/s1. The number of cyclic esters (lactones) is 1. The summed E-state index contributed by atoms with van der Waals surface area (Å²) in [5.41, 5.74) is 3.30. The van der Waals surface area contributed by atoms with Crippen molar-refractivity contribution in [2.45, 2.75) is 19.4 Å². The van der Waals surface area contributed by atoms with Gasteiger partial charge in [-0.25, -0.2) is 4.79 Å². The molecule has 0 spiro atoms. The summed E-state index contributed by atoms with van der Waals surface area (Å²) in [5.74, 6) is 0. The van der Waals surface area contributed by atoms with E-state index in [-0.39, 0.29) is 12.1 Å². The predicted molar refractivity (Wildman–Crippen MR) is 78.9 cm³/mol. The number of ether oxygens (including phenoxy) is 1. The number of anilines is 1. The number of amides is 1. The van der Waals surface area contributed by atoms with Crippen molar-refractivity contribution in [1.82, 2.24) is 0 Å². The summed E-state index contributed by atoms with van der Waals surface area (Å²) in [4.78, 5) is 13.7. The van der Waals surface area contributed by atoms with Crippen LogP contribution in [0, 0.1) is 6.92 Å². The zero-order valence-corrected chi connectivity index (χ0v) is 11.5. The fourth-order valence-electron chi connectivity index (χ4n) is 2.52. The molecule has 3 rings (SSSR count). The Kier molecular flexibility index (Phi) is 3.42. The molecule has 3 nitrogen and oxygen atoms in total. The van der Waals surface area contributed by atoms with Gasteiger partial charge in [0.05, 0.1) is 6.04 Å². The van der Waals surface area contributed by atoms with Gasteiger partial charge in [0.2, 0.25) is 0 Å².